The summed E-state index contributed by atoms with van der Waals surface area (Å²) in [7, 11) is 0. The Morgan fingerprint density at radius 3 is 2.63 bits per heavy atom. The van der Waals surface area contributed by atoms with Crippen LogP contribution < -0.4 is 15.5 Å². The average Bonchev–Trinajstić information content (AvgIpc) is 3.39. The van der Waals surface area contributed by atoms with Gasteiger partial charge in [0.1, 0.15) is 0 Å². The number of rotatable bonds is 5. The van der Waals surface area contributed by atoms with Gasteiger partial charge in [-0.05, 0) is 31.9 Å². The lowest BCUT2D eigenvalue weighted by molar-refractivity contribution is 0.248. The van der Waals surface area contributed by atoms with Crippen LogP contribution in [0.2, 0.25) is 0 Å². The fourth-order valence-corrected chi connectivity index (χ4v) is 5.39. The van der Waals surface area contributed by atoms with Crippen LogP contribution in [0.4, 0.5) is 15.1 Å². The first-order valence-corrected chi connectivity index (χ1v) is 11.2. The summed E-state index contributed by atoms with van der Waals surface area (Å²) >= 11 is 3.33. The quantitative estimate of drug-likeness (QED) is 0.797. The van der Waals surface area contributed by atoms with Gasteiger partial charge in [0.05, 0.1) is 0 Å². The zero-order chi connectivity index (χ0) is 18.6. The van der Waals surface area contributed by atoms with Crippen molar-refractivity contribution in [2.75, 3.05) is 36.4 Å². The molecule has 2 amide bonds. The molecule has 2 N–H and O–H groups in total. The maximum absolute atomic E-state index is 12.1. The largest absolute Gasteiger partial charge is 0.344 e. The number of aromatic nitrogens is 2. The van der Waals surface area contributed by atoms with E-state index in [0.717, 1.165) is 50.7 Å². The van der Waals surface area contributed by atoms with Crippen LogP contribution in [-0.2, 0) is 6.54 Å². The molecule has 0 atom stereocenters. The van der Waals surface area contributed by atoms with Gasteiger partial charge in [0.2, 0.25) is 10.3 Å². The predicted octanol–water partition coefficient (Wildman–Crippen LogP) is 3.29. The third-order valence-corrected chi connectivity index (χ3v) is 7.03. The van der Waals surface area contributed by atoms with Crippen molar-refractivity contribution in [1.82, 2.24) is 20.4 Å². The Hall–Kier alpha value is -1.71. The molecule has 1 aliphatic heterocycles. The van der Waals surface area contributed by atoms with Crippen molar-refractivity contribution in [1.29, 1.82) is 0 Å². The minimum Gasteiger partial charge on any atom is -0.344 e. The second-order valence-corrected chi connectivity index (χ2v) is 9.57. The van der Waals surface area contributed by atoms with Gasteiger partial charge < -0.3 is 10.2 Å². The van der Waals surface area contributed by atoms with E-state index in [4.69, 9.17) is 0 Å². The molecular formula is C18H26N6OS2. The van der Waals surface area contributed by atoms with Crippen molar-refractivity contribution < 1.29 is 4.79 Å². The van der Waals surface area contributed by atoms with E-state index >= 15 is 0 Å². The highest BCUT2D eigenvalue weighted by Crippen LogP contribution is 2.26. The number of amides is 2. The molecule has 0 spiro atoms. The summed E-state index contributed by atoms with van der Waals surface area (Å²) in [5.41, 5.74) is 0. The van der Waals surface area contributed by atoms with Gasteiger partial charge in [0.25, 0.3) is 0 Å². The van der Waals surface area contributed by atoms with Crippen LogP contribution in [0.15, 0.2) is 12.1 Å². The Labute approximate surface area is 167 Å². The normalized spacial score (nSPS) is 18.8. The molecule has 27 heavy (non-hydrogen) atoms. The lowest BCUT2D eigenvalue weighted by atomic mass is 10.3. The molecule has 146 valence electrons. The number of aryl methyl sites for hydroxylation is 1. The highest BCUT2D eigenvalue weighted by molar-refractivity contribution is 7.19. The number of hydrogen-bond acceptors (Lipinski definition) is 7. The number of anilines is 2. The molecule has 0 aromatic carbocycles. The number of carbonyl (C=O) groups is 1. The minimum absolute atomic E-state index is 0.166. The van der Waals surface area contributed by atoms with Crippen molar-refractivity contribution >= 4 is 39.0 Å². The van der Waals surface area contributed by atoms with Crippen molar-refractivity contribution in [2.45, 2.75) is 45.2 Å². The first-order valence-electron chi connectivity index (χ1n) is 9.59. The van der Waals surface area contributed by atoms with Gasteiger partial charge in [-0.15, -0.1) is 21.5 Å². The maximum atomic E-state index is 12.1. The smallest absolute Gasteiger partial charge is 0.321 e. The van der Waals surface area contributed by atoms with Crippen LogP contribution in [0.5, 0.6) is 0 Å². The molecule has 4 rings (SSSR count). The van der Waals surface area contributed by atoms with Crippen LogP contribution >= 0.6 is 22.7 Å². The number of nitrogens with one attached hydrogen (secondary N) is 2. The lowest BCUT2D eigenvalue weighted by Crippen LogP contribution is -2.45. The van der Waals surface area contributed by atoms with Gasteiger partial charge in [-0.3, -0.25) is 10.2 Å². The third-order valence-electron chi connectivity index (χ3n) is 5.14. The van der Waals surface area contributed by atoms with Gasteiger partial charge >= 0.3 is 6.03 Å². The molecule has 9 heteroatoms. The van der Waals surface area contributed by atoms with Crippen molar-refractivity contribution in [3.8, 4) is 0 Å². The van der Waals surface area contributed by atoms with Crippen LogP contribution in [-0.4, -0.2) is 53.3 Å². The predicted molar refractivity (Wildman–Crippen MR) is 111 cm³/mol. The maximum Gasteiger partial charge on any atom is 0.321 e. The van der Waals surface area contributed by atoms with E-state index in [1.165, 1.54) is 33.9 Å². The van der Waals surface area contributed by atoms with Crippen LogP contribution in [0.3, 0.4) is 0 Å². The molecule has 1 saturated heterocycles. The average molecular weight is 407 g/mol. The molecule has 0 bridgehead atoms. The summed E-state index contributed by atoms with van der Waals surface area (Å²) in [6.07, 6.45) is 4.55. The second-order valence-electron chi connectivity index (χ2n) is 7.25. The van der Waals surface area contributed by atoms with Crippen LogP contribution in [0, 0.1) is 6.92 Å². The molecule has 3 heterocycles. The summed E-state index contributed by atoms with van der Waals surface area (Å²) in [6, 6.07) is 4.55. The van der Waals surface area contributed by atoms with Crippen molar-refractivity contribution in [2.24, 2.45) is 0 Å². The molecule has 7 nitrogen and oxygen atoms in total. The Kier molecular flexibility index (Phi) is 5.89. The third kappa shape index (κ3) is 4.97. The lowest BCUT2D eigenvalue weighted by Gasteiger charge is -2.33. The molecule has 1 aliphatic carbocycles. The summed E-state index contributed by atoms with van der Waals surface area (Å²) in [4.78, 5) is 19.6. The summed E-state index contributed by atoms with van der Waals surface area (Å²) < 4.78 is 0. The Bertz CT molecular complexity index is 761. The molecule has 2 aliphatic rings. The number of piperazine rings is 1. The van der Waals surface area contributed by atoms with Crippen molar-refractivity contribution in [3.05, 3.63) is 21.9 Å². The Morgan fingerprint density at radius 2 is 1.93 bits per heavy atom. The molecule has 2 fully saturated rings. The van der Waals surface area contributed by atoms with Crippen LogP contribution in [0.25, 0.3) is 0 Å². The van der Waals surface area contributed by atoms with Crippen LogP contribution in [0.1, 0.15) is 35.4 Å². The van der Waals surface area contributed by atoms with E-state index < -0.39 is 0 Å². The van der Waals surface area contributed by atoms with Gasteiger partial charge in [-0.2, -0.15) is 0 Å². The highest BCUT2D eigenvalue weighted by Gasteiger charge is 2.22. The molecular weight excluding hydrogens is 380 g/mol. The topological polar surface area (TPSA) is 73.4 Å². The van der Waals surface area contributed by atoms with Gasteiger partial charge in [-0.1, -0.05) is 24.2 Å². The Morgan fingerprint density at radius 1 is 1.15 bits per heavy atom. The second kappa shape index (κ2) is 8.53. The van der Waals surface area contributed by atoms with Gasteiger partial charge in [-0.25, -0.2) is 4.79 Å². The minimum atomic E-state index is -0.166. The van der Waals surface area contributed by atoms with Gasteiger partial charge in [0, 0.05) is 48.5 Å². The van der Waals surface area contributed by atoms with E-state index in [1.54, 1.807) is 0 Å². The molecule has 1 saturated carbocycles. The molecule has 2 aromatic heterocycles. The highest BCUT2D eigenvalue weighted by atomic mass is 32.1. The zero-order valence-electron chi connectivity index (χ0n) is 15.6. The first kappa shape index (κ1) is 18.6. The number of thiophene rings is 1. The van der Waals surface area contributed by atoms with E-state index in [2.05, 4.69) is 49.7 Å². The summed E-state index contributed by atoms with van der Waals surface area (Å²) in [5, 5.41) is 15.7. The Balaban J connectivity index is 1.24. The summed E-state index contributed by atoms with van der Waals surface area (Å²) in [5.74, 6) is 0. The first-order chi connectivity index (χ1) is 13.2. The molecule has 0 radical (unpaired) electrons. The van der Waals surface area contributed by atoms with Crippen molar-refractivity contribution in [3.63, 3.8) is 0 Å². The van der Waals surface area contributed by atoms with E-state index in [1.807, 2.05) is 11.3 Å². The number of carbonyl (C=O) groups excluding carboxylic acids is 1. The number of hydrogen-bond donors (Lipinski definition) is 2. The fraction of sp³-hybridized carbons (Fsp3) is 0.611. The van der Waals surface area contributed by atoms with E-state index in [9.17, 15) is 4.79 Å². The van der Waals surface area contributed by atoms with Gasteiger partial charge in [0.15, 0.2) is 0 Å². The SMILES string of the molecule is Cc1ccc(CN2CCN(c3nnc(NC(=O)NC4CCCC4)s3)CC2)s1. The fourth-order valence-electron chi connectivity index (χ4n) is 3.67. The monoisotopic (exact) mass is 406 g/mol. The zero-order valence-corrected chi connectivity index (χ0v) is 17.2. The number of nitrogens with zero attached hydrogens (tertiary/aromatic N) is 4. The van der Waals surface area contributed by atoms with E-state index in [0.29, 0.717) is 11.2 Å². The molecule has 0 unspecified atom stereocenters. The number of urea groups is 1. The standard InChI is InChI=1S/C18H26N6OS2/c1-13-6-7-15(26-13)12-23-8-10-24(11-9-23)18-22-21-17(27-18)20-16(25)19-14-4-2-3-5-14/h6-7,14H,2-5,8-12H2,1H3,(H2,19,20,21,25). The molecule has 2 aromatic rings. The van der Waals surface area contributed by atoms with E-state index in [-0.39, 0.29) is 6.03 Å². The summed E-state index contributed by atoms with van der Waals surface area (Å²) in [6.45, 7) is 7.08.